The van der Waals surface area contributed by atoms with E-state index in [1.807, 2.05) is 5.38 Å². The van der Waals surface area contributed by atoms with Gasteiger partial charge in [0, 0.05) is 20.9 Å². The van der Waals surface area contributed by atoms with Crippen molar-refractivity contribution in [2.24, 2.45) is 0 Å². The van der Waals surface area contributed by atoms with E-state index in [4.69, 9.17) is 27.9 Å². The van der Waals surface area contributed by atoms with Gasteiger partial charge in [-0.15, -0.1) is 23.1 Å². The van der Waals surface area contributed by atoms with E-state index in [0.29, 0.717) is 32.9 Å². The maximum Gasteiger partial charge on any atom is 0.269 e. The summed E-state index contributed by atoms with van der Waals surface area (Å²) < 4.78 is 5.60. The SMILES string of the molecule is O=C(CSc1cc(Cl)ccc1Cl)NNC(=O)c1ccc(OCc2cscn2)cc1. The lowest BCUT2D eigenvalue weighted by atomic mass is 10.2. The molecular formula is C19H15Cl2N3O3S2. The Kier molecular flexibility index (Phi) is 7.76. The summed E-state index contributed by atoms with van der Waals surface area (Å²) in [5.74, 6) is -0.116. The van der Waals surface area contributed by atoms with Crippen LogP contribution >= 0.6 is 46.3 Å². The minimum atomic E-state index is -0.435. The van der Waals surface area contributed by atoms with Gasteiger partial charge in [-0.25, -0.2) is 4.98 Å². The summed E-state index contributed by atoms with van der Waals surface area (Å²) in [5, 5.41) is 2.95. The van der Waals surface area contributed by atoms with Crippen LogP contribution in [0.1, 0.15) is 16.1 Å². The van der Waals surface area contributed by atoms with E-state index in [9.17, 15) is 9.59 Å². The van der Waals surface area contributed by atoms with Crippen molar-refractivity contribution < 1.29 is 14.3 Å². The lowest BCUT2D eigenvalue weighted by molar-refractivity contribution is -0.119. The summed E-state index contributed by atoms with van der Waals surface area (Å²) in [7, 11) is 0. The molecule has 0 saturated carbocycles. The van der Waals surface area contributed by atoms with Gasteiger partial charge in [0.25, 0.3) is 5.91 Å². The second-order valence-corrected chi connectivity index (χ2v) is 8.24. The molecule has 0 aliphatic carbocycles. The standard InChI is InChI=1S/C19H15Cl2N3O3S2/c20-13-3-6-16(21)17(7-13)29-10-18(25)23-24-19(26)12-1-4-15(5-2-12)27-8-14-9-28-11-22-14/h1-7,9,11H,8,10H2,(H,23,25)(H,24,26). The number of hydrogen-bond donors (Lipinski definition) is 2. The summed E-state index contributed by atoms with van der Waals surface area (Å²) >= 11 is 14.7. The molecule has 1 heterocycles. The summed E-state index contributed by atoms with van der Waals surface area (Å²) in [5.41, 5.74) is 7.71. The number of hydrazine groups is 1. The minimum absolute atomic E-state index is 0.0732. The van der Waals surface area contributed by atoms with E-state index in [-0.39, 0.29) is 11.7 Å². The number of thioether (sulfide) groups is 1. The van der Waals surface area contributed by atoms with Crippen molar-refractivity contribution in [2.45, 2.75) is 11.5 Å². The predicted octanol–water partition coefficient (Wildman–Crippen LogP) is 4.58. The van der Waals surface area contributed by atoms with Crippen molar-refractivity contribution in [1.82, 2.24) is 15.8 Å². The third-order valence-corrected chi connectivity index (χ3v) is 5.92. The Balaban J connectivity index is 1.43. The average molecular weight is 468 g/mol. The molecule has 2 amide bonds. The van der Waals surface area contributed by atoms with Gasteiger partial charge in [0.2, 0.25) is 5.91 Å². The fourth-order valence-corrected chi connectivity index (χ4v) is 3.97. The van der Waals surface area contributed by atoms with Crippen LogP contribution in [-0.2, 0) is 11.4 Å². The number of ether oxygens (including phenoxy) is 1. The topological polar surface area (TPSA) is 80.3 Å². The molecule has 6 nitrogen and oxygen atoms in total. The number of aromatic nitrogens is 1. The molecule has 29 heavy (non-hydrogen) atoms. The Labute approximate surface area is 185 Å². The zero-order chi connectivity index (χ0) is 20.6. The highest BCUT2D eigenvalue weighted by Crippen LogP contribution is 2.29. The smallest absolute Gasteiger partial charge is 0.269 e. The fourth-order valence-electron chi connectivity index (χ4n) is 2.13. The molecule has 150 valence electrons. The molecule has 1 aromatic heterocycles. The molecule has 0 aliphatic rings. The quantitative estimate of drug-likeness (QED) is 0.392. The van der Waals surface area contributed by atoms with E-state index >= 15 is 0 Å². The molecule has 0 saturated heterocycles. The molecule has 10 heteroatoms. The number of benzene rings is 2. The number of hydrogen-bond acceptors (Lipinski definition) is 6. The van der Waals surface area contributed by atoms with E-state index < -0.39 is 5.91 Å². The number of carbonyl (C=O) groups is 2. The maximum absolute atomic E-state index is 12.2. The van der Waals surface area contributed by atoms with Crippen molar-refractivity contribution in [2.75, 3.05) is 5.75 Å². The lowest BCUT2D eigenvalue weighted by Gasteiger charge is -2.09. The van der Waals surface area contributed by atoms with Gasteiger partial charge in [-0.05, 0) is 42.5 Å². The van der Waals surface area contributed by atoms with E-state index in [1.54, 1.807) is 48.0 Å². The normalized spacial score (nSPS) is 10.4. The molecule has 2 N–H and O–H groups in total. The Morgan fingerprint density at radius 1 is 1.10 bits per heavy atom. The van der Waals surface area contributed by atoms with Gasteiger partial charge in [-0.2, -0.15) is 0 Å². The Morgan fingerprint density at radius 2 is 1.90 bits per heavy atom. The number of carbonyl (C=O) groups excluding carboxylic acids is 2. The van der Waals surface area contributed by atoms with Crippen LogP contribution in [0, 0.1) is 0 Å². The Bertz CT molecular complexity index is 983. The fraction of sp³-hybridized carbons (Fsp3) is 0.105. The summed E-state index contributed by atoms with van der Waals surface area (Å²) in [6.45, 7) is 0.361. The van der Waals surface area contributed by atoms with E-state index in [2.05, 4.69) is 15.8 Å². The monoisotopic (exact) mass is 467 g/mol. The molecule has 0 bridgehead atoms. The first kappa shape index (κ1) is 21.4. The highest BCUT2D eigenvalue weighted by atomic mass is 35.5. The summed E-state index contributed by atoms with van der Waals surface area (Å²) in [6.07, 6.45) is 0. The number of nitrogens with one attached hydrogen (secondary N) is 2. The van der Waals surface area contributed by atoms with Crippen molar-refractivity contribution in [3.63, 3.8) is 0 Å². The molecule has 0 atom stereocenters. The molecule has 0 spiro atoms. The van der Waals surface area contributed by atoms with Crippen LogP contribution in [0.15, 0.2) is 58.3 Å². The highest BCUT2D eigenvalue weighted by Gasteiger charge is 2.10. The molecular weight excluding hydrogens is 453 g/mol. The molecule has 3 rings (SSSR count). The Hall–Kier alpha value is -2.26. The predicted molar refractivity (Wildman–Crippen MR) is 116 cm³/mol. The van der Waals surface area contributed by atoms with Gasteiger partial charge in [-0.3, -0.25) is 20.4 Å². The first-order chi connectivity index (χ1) is 14.0. The van der Waals surface area contributed by atoms with Crippen LogP contribution in [0.25, 0.3) is 0 Å². The van der Waals surface area contributed by atoms with Gasteiger partial charge in [0.1, 0.15) is 12.4 Å². The number of thiazole rings is 1. The van der Waals surface area contributed by atoms with Crippen LogP contribution in [-0.4, -0.2) is 22.6 Å². The van der Waals surface area contributed by atoms with E-state index in [0.717, 1.165) is 5.69 Å². The number of amides is 2. The highest BCUT2D eigenvalue weighted by molar-refractivity contribution is 8.00. The second kappa shape index (κ2) is 10.5. The van der Waals surface area contributed by atoms with Crippen LogP contribution in [0.5, 0.6) is 5.75 Å². The largest absolute Gasteiger partial charge is 0.487 e. The number of nitrogens with zero attached hydrogens (tertiary/aromatic N) is 1. The second-order valence-electron chi connectivity index (χ2n) is 5.66. The molecule has 3 aromatic rings. The van der Waals surface area contributed by atoms with Crippen molar-refractivity contribution in [3.8, 4) is 5.75 Å². The summed E-state index contributed by atoms with van der Waals surface area (Å²) in [6, 6.07) is 11.6. The van der Waals surface area contributed by atoms with Crippen LogP contribution in [0.2, 0.25) is 10.0 Å². The first-order valence-corrected chi connectivity index (χ1v) is 11.0. The van der Waals surface area contributed by atoms with Crippen LogP contribution < -0.4 is 15.6 Å². The van der Waals surface area contributed by atoms with Crippen molar-refractivity contribution in [3.05, 3.63) is 74.7 Å². The zero-order valence-electron chi connectivity index (χ0n) is 14.9. The van der Waals surface area contributed by atoms with Gasteiger partial charge >= 0.3 is 0 Å². The minimum Gasteiger partial charge on any atom is -0.487 e. The average Bonchev–Trinajstić information content (AvgIpc) is 3.25. The van der Waals surface area contributed by atoms with Crippen molar-refractivity contribution in [1.29, 1.82) is 0 Å². The molecule has 0 fully saturated rings. The molecule has 0 aliphatic heterocycles. The molecule has 0 radical (unpaired) electrons. The first-order valence-electron chi connectivity index (χ1n) is 8.28. The maximum atomic E-state index is 12.2. The van der Waals surface area contributed by atoms with Gasteiger partial charge in [0.15, 0.2) is 0 Å². The Morgan fingerprint density at radius 3 is 2.62 bits per heavy atom. The molecule has 2 aromatic carbocycles. The van der Waals surface area contributed by atoms with Gasteiger partial charge < -0.3 is 4.74 Å². The third kappa shape index (κ3) is 6.64. The number of rotatable bonds is 7. The zero-order valence-corrected chi connectivity index (χ0v) is 18.0. The van der Waals surface area contributed by atoms with Crippen LogP contribution in [0.4, 0.5) is 0 Å². The van der Waals surface area contributed by atoms with Gasteiger partial charge in [0.05, 0.1) is 22.0 Å². The lowest BCUT2D eigenvalue weighted by Crippen LogP contribution is -2.42. The van der Waals surface area contributed by atoms with E-state index in [1.165, 1.54) is 23.1 Å². The van der Waals surface area contributed by atoms with Gasteiger partial charge in [-0.1, -0.05) is 23.2 Å². The van der Waals surface area contributed by atoms with Crippen molar-refractivity contribution >= 4 is 58.1 Å². The number of halogens is 2. The molecule has 0 unspecified atom stereocenters. The third-order valence-electron chi connectivity index (χ3n) is 3.55. The summed E-state index contributed by atoms with van der Waals surface area (Å²) in [4.78, 5) is 28.9. The van der Waals surface area contributed by atoms with Crippen LogP contribution in [0.3, 0.4) is 0 Å².